The maximum Gasteiger partial charge on any atom is 0.315 e. The predicted molar refractivity (Wildman–Crippen MR) is 105 cm³/mol. The van der Waals surface area contributed by atoms with Gasteiger partial charge in [0.2, 0.25) is 0 Å². The van der Waals surface area contributed by atoms with Gasteiger partial charge >= 0.3 is 6.03 Å². The summed E-state index contributed by atoms with van der Waals surface area (Å²) in [5.74, 6) is 0.805. The van der Waals surface area contributed by atoms with Crippen LogP contribution in [0.25, 0.3) is 0 Å². The minimum absolute atomic E-state index is 0.0955. The molecule has 2 rings (SSSR count). The number of hydrogen-bond donors (Lipinski definition) is 2. The number of benzene rings is 2. The highest BCUT2D eigenvalue weighted by atomic mass is 16.5. The molecule has 2 N–H and O–H groups in total. The van der Waals surface area contributed by atoms with Crippen molar-refractivity contribution in [2.75, 3.05) is 14.1 Å². The maximum absolute atomic E-state index is 12.2. The number of carbonyl (C=O) groups excluding carboxylic acids is 1. The lowest BCUT2D eigenvalue weighted by atomic mass is 10.1. The quantitative estimate of drug-likeness (QED) is 0.762. The van der Waals surface area contributed by atoms with Gasteiger partial charge in [0.15, 0.2) is 0 Å². The first-order chi connectivity index (χ1) is 12.5. The van der Waals surface area contributed by atoms with Crippen molar-refractivity contribution in [2.45, 2.75) is 39.6 Å². The first-order valence-corrected chi connectivity index (χ1v) is 8.93. The van der Waals surface area contributed by atoms with Crippen LogP contribution < -0.4 is 15.4 Å². The summed E-state index contributed by atoms with van der Waals surface area (Å²) in [6.07, 6.45) is 0.0955. The molecule has 2 amide bonds. The fourth-order valence-electron chi connectivity index (χ4n) is 2.66. The van der Waals surface area contributed by atoms with Crippen LogP contribution in [0.15, 0.2) is 48.5 Å². The number of ether oxygens (including phenoxy) is 1. The Morgan fingerprint density at radius 2 is 1.46 bits per heavy atom. The van der Waals surface area contributed by atoms with Gasteiger partial charge in [-0.1, -0.05) is 42.5 Å². The third-order valence-corrected chi connectivity index (χ3v) is 3.82. The van der Waals surface area contributed by atoms with Crippen molar-refractivity contribution in [3.8, 4) is 5.75 Å². The highest BCUT2D eigenvalue weighted by Crippen LogP contribution is 2.19. The van der Waals surface area contributed by atoms with Gasteiger partial charge in [0.25, 0.3) is 0 Å². The predicted octanol–water partition coefficient (Wildman–Crippen LogP) is 3.53. The molecule has 26 heavy (non-hydrogen) atoms. The van der Waals surface area contributed by atoms with Crippen LogP contribution in [0, 0.1) is 0 Å². The Morgan fingerprint density at radius 3 is 2.08 bits per heavy atom. The highest BCUT2D eigenvalue weighted by Gasteiger charge is 2.08. The number of carbonyl (C=O) groups is 1. The van der Waals surface area contributed by atoms with Crippen LogP contribution in [0.1, 0.15) is 30.5 Å². The number of rotatable bonds is 8. The number of urea groups is 1. The van der Waals surface area contributed by atoms with E-state index in [2.05, 4.69) is 21.6 Å². The number of amides is 2. The van der Waals surface area contributed by atoms with Crippen molar-refractivity contribution in [3.05, 3.63) is 65.2 Å². The molecule has 2 aromatic rings. The Balaban J connectivity index is 1.89. The molecule has 0 saturated heterocycles. The molecule has 0 bridgehead atoms. The van der Waals surface area contributed by atoms with E-state index in [-0.39, 0.29) is 12.1 Å². The van der Waals surface area contributed by atoms with Crippen molar-refractivity contribution in [1.82, 2.24) is 15.5 Å². The second-order valence-corrected chi connectivity index (χ2v) is 6.82. The zero-order chi connectivity index (χ0) is 18.9. The molecule has 0 aromatic heterocycles. The van der Waals surface area contributed by atoms with Gasteiger partial charge in [0.05, 0.1) is 6.10 Å². The minimum Gasteiger partial charge on any atom is -0.491 e. The van der Waals surface area contributed by atoms with Crippen molar-refractivity contribution in [2.24, 2.45) is 0 Å². The summed E-state index contributed by atoms with van der Waals surface area (Å²) < 4.78 is 5.78. The van der Waals surface area contributed by atoms with E-state index in [1.165, 1.54) is 5.56 Å². The molecule has 0 aliphatic carbocycles. The summed E-state index contributed by atoms with van der Waals surface area (Å²) in [5, 5.41) is 5.84. The molecule has 0 aliphatic heterocycles. The number of nitrogens with zero attached hydrogens (tertiary/aromatic N) is 1. The van der Waals surface area contributed by atoms with E-state index < -0.39 is 0 Å². The van der Waals surface area contributed by atoms with Crippen LogP contribution in [0.2, 0.25) is 0 Å². The van der Waals surface area contributed by atoms with E-state index in [1.54, 1.807) is 0 Å². The highest BCUT2D eigenvalue weighted by molar-refractivity contribution is 5.74. The third kappa shape index (κ3) is 6.41. The van der Waals surface area contributed by atoms with Crippen LogP contribution in [0.3, 0.4) is 0 Å². The van der Waals surface area contributed by atoms with Crippen LogP contribution in [0.5, 0.6) is 5.75 Å². The van der Waals surface area contributed by atoms with Crippen molar-refractivity contribution >= 4 is 6.03 Å². The summed E-state index contributed by atoms with van der Waals surface area (Å²) in [4.78, 5) is 14.3. The average molecular weight is 355 g/mol. The molecular formula is C21H29N3O2. The Labute approximate surface area is 156 Å². The zero-order valence-electron chi connectivity index (χ0n) is 16.1. The summed E-state index contributed by atoms with van der Waals surface area (Å²) in [6, 6.07) is 15.7. The molecule has 0 fully saturated rings. The van der Waals surface area contributed by atoms with E-state index in [0.29, 0.717) is 13.1 Å². The molecule has 0 atom stereocenters. The van der Waals surface area contributed by atoms with E-state index >= 15 is 0 Å². The second-order valence-electron chi connectivity index (χ2n) is 6.82. The second kappa shape index (κ2) is 9.82. The Hall–Kier alpha value is -2.53. The zero-order valence-corrected chi connectivity index (χ0v) is 16.1. The van der Waals surface area contributed by atoms with Gasteiger partial charge in [-0.3, -0.25) is 0 Å². The average Bonchev–Trinajstić information content (AvgIpc) is 2.59. The van der Waals surface area contributed by atoms with E-state index in [4.69, 9.17) is 4.74 Å². The maximum atomic E-state index is 12.2. The fourth-order valence-corrected chi connectivity index (χ4v) is 2.66. The molecule has 2 aromatic carbocycles. The van der Waals surface area contributed by atoms with Gasteiger partial charge in [-0.05, 0) is 45.1 Å². The Kier molecular flexibility index (Phi) is 7.48. The summed E-state index contributed by atoms with van der Waals surface area (Å²) in [5.41, 5.74) is 3.30. The molecule has 0 aliphatic rings. The van der Waals surface area contributed by atoms with Crippen molar-refractivity contribution in [1.29, 1.82) is 0 Å². The van der Waals surface area contributed by atoms with Crippen molar-refractivity contribution < 1.29 is 9.53 Å². The van der Waals surface area contributed by atoms with Crippen molar-refractivity contribution in [3.63, 3.8) is 0 Å². The fraction of sp³-hybridized carbons (Fsp3) is 0.381. The first-order valence-electron chi connectivity index (χ1n) is 8.93. The number of nitrogens with one attached hydrogen (secondary N) is 2. The molecule has 5 nitrogen and oxygen atoms in total. The Bertz CT molecular complexity index is 654. The summed E-state index contributed by atoms with van der Waals surface area (Å²) in [6.45, 7) is 5.75. The van der Waals surface area contributed by atoms with Crippen LogP contribution in [-0.4, -0.2) is 31.1 Å². The van der Waals surface area contributed by atoms with Gasteiger partial charge in [-0.2, -0.15) is 0 Å². The monoisotopic (exact) mass is 355 g/mol. The van der Waals surface area contributed by atoms with Gasteiger partial charge in [-0.25, -0.2) is 4.79 Å². The number of para-hydroxylation sites is 1. The first kappa shape index (κ1) is 19.8. The molecule has 140 valence electrons. The summed E-state index contributed by atoms with van der Waals surface area (Å²) in [7, 11) is 4.07. The topological polar surface area (TPSA) is 53.6 Å². The molecule has 0 unspecified atom stereocenters. The van der Waals surface area contributed by atoms with E-state index in [0.717, 1.165) is 23.4 Å². The van der Waals surface area contributed by atoms with Crippen LogP contribution >= 0.6 is 0 Å². The van der Waals surface area contributed by atoms with Crippen LogP contribution in [-0.2, 0) is 19.6 Å². The molecule has 5 heteroatoms. The standard InChI is InChI=1S/C21H29N3O2/c1-16(2)26-20-12-8-7-10-18(20)14-23-21(25)22-13-17-9-5-6-11-19(17)15-24(3)4/h5-12,16H,13-15H2,1-4H3,(H2,22,23,25). The molecule has 0 radical (unpaired) electrons. The Morgan fingerprint density at radius 1 is 0.923 bits per heavy atom. The normalized spacial score (nSPS) is 10.8. The van der Waals surface area contributed by atoms with Gasteiger partial charge in [0, 0.05) is 25.2 Å². The SMILES string of the molecule is CC(C)Oc1ccccc1CNC(=O)NCc1ccccc1CN(C)C. The smallest absolute Gasteiger partial charge is 0.315 e. The van der Waals surface area contributed by atoms with Crippen LogP contribution in [0.4, 0.5) is 4.79 Å². The van der Waals surface area contributed by atoms with E-state index in [9.17, 15) is 4.79 Å². The van der Waals surface area contributed by atoms with Gasteiger partial charge in [0.1, 0.15) is 5.75 Å². The lowest BCUT2D eigenvalue weighted by Gasteiger charge is -2.16. The lowest BCUT2D eigenvalue weighted by Crippen LogP contribution is -2.35. The molecular weight excluding hydrogens is 326 g/mol. The lowest BCUT2D eigenvalue weighted by molar-refractivity contribution is 0.235. The third-order valence-electron chi connectivity index (χ3n) is 3.82. The molecule has 0 heterocycles. The molecule has 0 saturated carbocycles. The van der Waals surface area contributed by atoms with Gasteiger partial charge < -0.3 is 20.3 Å². The number of hydrogen-bond acceptors (Lipinski definition) is 3. The molecule has 0 spiro atoms. The van der Waals surface area contributed by atoms with Gasteiger partial charge in [-0.15, -0.1) is 0 Å². The minimum atomic E-state index is -0.191. The van der Waals surface area contributed by atoms with E-state index in [1.807, 2.05) is 70.4 Å². The largest absolute Gasteiger partial charge is 0.491 e. The summed E-state index contributed by atoms with van der Waals surface area (Å²) >= 11 is 0.